The number of rotatable bonds is 1. The Balaban J connectivity index is 2.26. The quantitative estimate of drug-likeness (QED) is 0.379. The fourth-order valence-corrected chi connectivity index (χ4v) is 4.48. The lowest BCUT2D eigenvalue weighted by Crippen LogP contribution is -2.45. The van der Waals surface area contributed by atoms with Crippen LogP contribution in [0.15, 0.2) is 11.6 Å². The van der Waals surface area contributed by atoms with Crippen LogP contribution >= 0.6 is 0 Å². The number of ether oxygens (including phenoxy) is 2. The van der Waals surface area contributed by atoms with E-state index in [0.29, 0.717) is 6.42 Å². The van der Waals surface area contributed by atoms with Gasteiger partial charge in [0.05, 0.1) is 35.7 Å². The molecule has 2 fully saturated rings. The SMILES string of the molecule is C/C=C(\C)[C@@H]1C[C@@H]2O[C@]2(C)CCCC(C)[C@H](O)C(C)C(=O)C(C)(C)C(O)CC(=O)O1. The van der Waals surface area contributed by atoms with Crippen molar-refractivity contribution in [2.24, 2.45) is 17.3 Å². The second-order valence-corrected chi connectivity index (χ2v) is 10.1. The van der Waals surface area contributed by atoms with E-state index in [4.69, 9.17) is 9.47 Å². The molecule has 6 heteroatoms. The molecule has 0 aromatic carbocycles. The number of carbonyl (C=O) groups is 2. The number of epoxide rings is 1. The van der Waals surface area contributed by atoms with E-state index >= 15 is 0 Å². The number of aliphatic hydroxyl groups is 2. The largest absolute Gasteiger partial charge is 0.458 e. The number of aliphatic hydroxyl groups excluding tert-OH is 2. The van der Waals surface area contributed by atoms with Crippen LogP contribution in [0.1, 0.15) is 80.6 Å². The van der Waals surface area contributed by atoms with E-state index in [2.05, 4.69) is 6.92 Å². The number of Topliss-reactive ketones (excluding diaryl/α,β-unsaturated/α-hetero) is 1. The summed E-state index contributed by atoms with van der Waals surface area (Å²) in [5.41, 5.74) is -0.472. The van der Waals surface area contributed by atoms with E-state index in [9.17, 15) is 19.8 Å². The predicted octanol–water partition coefficient (Wildman–Crippen LogP) is 3.58. The van der Waals surface area contributed by atoms with Crippen LogP contribution in [0.5, 0.6) is 0 Å². The number of hydrogen-bond donors (Lipinski definition) is 2. The fourth-order valence-electron chi connectivity index (χ4n) is 4.48. The van der Waals surface area contributed by atoms with Crippen LogP contribution in [0.25, 0.3) is 0 Å². The van der Waals surface area contributed by atoms with Crippen LogP contribution in [0, 0.1) is 17.3 Å². The van der Waals surface area contributed by atoms with Crippen LogP contribution in [-0.4, -0.2) is 52.0 Å². The smallest absolute Gasteiger partial charge is 0.309 e. The van der Waals surface area contributed by atoms with Crippen molar-refractivity contribution >= 4 is 11.8 Å². The maximum absolute atomic E-state index is 13.1. The molecule has 0 radical (unpaired) electrons. The van der Waals surface area contributed by atoms with Gasteiger partial charge in [-0.05, 0) is 45.1 Å². The molecule has 2 N–H and O–H groups in total. The van der Waals surface area contributed by atoms with Gasteiger partial charge in [-0.3, -0.25) is 9.59 Å². The third-order valence-electron chi connectivity index (χ3n) is 7.37. The van der Waals surface area contributed by atoms with Gasteiger partial charge in [0.2, 0.25) is 0 Å². The first-order valence-electron chi connectivity index (χ1n) is 11.2. The van der Waals surface area contributed by atoms with Gasteiger partial charge in [-0.1, -0.05) is 40.2 Å². The minimum Gasteiger partial charge on any atom is -0.458 e. The molecule has 6 nitrogen and oxygen atoms in total. The third-order valence-corrected chi connectivity index (χ3v) is 7.37. The topological polar surface area (TPSA) is 96.4 Å². The van der Waals surface area contributed by atoms with Gasteiger partial charge in [0, 0.05) is 12.3 Å². The summed E-state index contributed by atoms with van der Waals surface area (Å²) in [5.74, 6) is -1.46. The fraction of sp³-hybridized carbons (Fsp3) is 0.833. The van der Waals surface area contributed by atoms with E-state index < -0.39 is 35.6 Å². The maximum atomic E-state index is 13.1. The second-order valence-electron chi connectivity index (χ2n) is 10.1. The van der Waals surface area contributed by atoms with Gasteiger partial charge in [0.1, 0.15) is 11.9 Å². The Labute approximate surface area is 181 Å². The maximum Gasteiger partial charge on any atom is 0.309 e. The molecule has 2 rings (SSSR count). The monoisotopic (exact) mass is 424 g/mol. The molecule has 2 aliphatic heterocycles. The summed E-state index contributed by atoms with van der Waals surface area (Å²) in [4.78, 5) is 25.7. The van der Waals surface area contributed by atoms with E-state index in [0.717, 1.165) is 24.8 Å². The highest BCUT2D eigenvalue weighted by Crippen LogP contribution is 2.45. The van der Waals surface area contributed by atoms with Gasteiger partial charge in [0.25, 0.3) is 0 Å². The zero-order chi connectivity index (χ0) is 22.9. The van der Waals surface area contributed by atoms with Gasteiger partial charge >= 0.3 is 5.97 Å². The van der Waals surface area contributed by atoms with Crippen LogP contribution in [0.4, 0.5) is 0 Å². The Morgan fingerprint density at radius 3 is 2.40 bits per heavy atom. The number of cyclic esters (lactones) is 1. The van der Waals surface area contributed by atoms with Crippen LogP contribution in [0.2, 0.25) is 0 Å². The first-order valence-corrected chi connectivity index (χ1v) is 11.2. The number of allylic oxidation sites excluding steroid dienone is 1. The zero-order valence-electron chi connectivity index (χ0n) is 19.6. The van der Waals surface area contributed by atoms with Gasteiger partial charge in [0.15, 0.2) is 0 Å². The standard InChI is InChI=1S/C24H40O6/c1-8-14(2)17-12-19-24(7,30-19)11-9-10-15(3)21(27)16(4)22(28)23(5,6)18(25)13-20(26)29-17/h8,15-19,21,25,27H,9-13H2,1-7H3/b14-8+/t15?,16?,17-,18?,19-,21-,24+/m0/s1. The van der Waals surface area contributed by atoms with Crippen molar-refractivity contribution in [3.8, 4) is 0 Å². The Bertz CT molecular complexity index is 669. The summed E-state index contributed by atoms with van der Waals surface area (Å²) in [6, 6.07) is 0. The summed E-state index contributed by atoms with van der Waals surface area (Å²) in [7, 11) is 0. The third kappa shape index (κ3) is 5.51. The average molecular weight is 425 g/mol. The molecule has 0 saturated carbocycles. The molecule has 0 spiro atoms. The molecule has 2 aliphatic rings. The van der Waals surface area contributed by atoms with E-state index in [1.54, 1.807) is 20.8 Å². The van der Waals surface area contributed by atoms with Crippen molar-refractivity contribution < 1.29 is 29.3 Å². The van der Waals surface area contributed by atoms with Crippen LogP contribution in [-0.2, 0) is 19.1 Å². The highest BCUT2D eigenvalue weighted by Gasteiger charge is 2.53. The Morgan fingerprint density at radius 2 is 1.80 bits per heavy atom. The van der Waals surface area contributed by atoms with Gasteiger partial charge in [-0.15, -0.1) is 0 Å². The first-order chi connectivity index (χ1) is 13.8. The number of fused-ring (bicyclic) bond motifs is 1. The Morgan fingerprint density at radius 1 is 1.17 bits per heavy atom. The van der Waals surface area contributed by atoms with Crippen molar-refractivity contribution in [1.29, 1.82) is 0 Å². The van der Waals surface area contributed by atoms with E-state index in [1.165, 1.54) is 0 Å². The molecule has 0 aliphatic carbocycles. The minimum absolute atomic E-state index is 0.0141. The normalized spacial score (nSPS) is 41.7. The molecule has 3 unspecified atom stereocenters. The number of ketones is 1. The van der Waals surface area contributed by atoms with Gasteiger partial charge in [-0.25, -0.2) is 0 Å². The van der Waals surface area contributed by atoms with Crippen molar-refractivity contribution in [2.75, 3.05) is 0 Å². The molecular formula is C24H40O6. The summed E-state index contributed by atoms with van der Waals surface area (Å²) < 4.78 is 11.7. The summed E-state index contributed by atoms with van der Waals surface area (Å²) in [6.07, 6.45) is 2.37. The lowest BCUT2D eigenvalue weighted by Gasteiger charge is -2.34. The number of esters is 1. The molecule has 0 aromatic heterocycles. The first kappa shape index (κ1) is 25.0. The molecule has 172 valence electrons. The molecule has 0 bridgehead atoms. The Kier molecular flexibility index (Phi) is 7.92. The molecule has 30 heavy (non-hydrogen) atoms. The zero-order valence-corrected chi connectivity index (χ0v) is 19.6. The molecule has 2 heterocycles. The highest BCUT2D eigenvalue weighted by atomic mass is 16.6. The van der Waals surface area contributed by atoms with Crippen LogP contribution in [0.3, 0.4) is 0 Å². The van der Waals surface area contributed by atoms with Crippen molar-refractivity contribution in [1.82, 2.24) is 0 Å². The van der Waals surface area contributed by atoms with Crippen molar-refractivity contribution in [3.63, 3.8) is 0 Å². The Hall–Kier alpha value is -1.24. The predicted molar refractivity (Wildman–Crippen MR) is 115 cm³/mol. The van der Waals surface area contributed by atoms with Crippen molar-refractivity contribution in [3.05, 3.63) is 11.6 Å². The van der Waals surface area contributed by atoms with Gasteiger partial charge in [-0.2, -0.15) is 0 Å². The summed E-state index contributed by atoms with van der Waals surface area (Å²) in [6.45, 7) is 12.8. The molecule has 0 aromatic rings. The lowest BCUT2D eigenvalue weighted by atomic mass is 9.73. The second kappa shape index (κ2) is 9.49. The van der Waals surface area contributed by atoms with Gasteiger partial charge < -0.3 is 19.7 Å². The highest BCUT2D eigenvalue weighted by molar-refractivity contribution is 5.88. The summed E-state index contributed by atoms with van der Waals surface area (Å²) in [5, 5.41) is 21.4. The number of carbonyl (C=O) groups excluding carboxylic acids is 2. The average Bonchev–Trinajstić information content (AvgIpc) is 3.32. The van der Waals surface area contributed by atoms with E-state index in [1.807, 2.05) is 26.8 Å². The van der Waals surface area contributed by atoms with Crippen molar-refractivity contribution in [2.45, 2.75) is 111 Å². The molecule has 2 saturated heterocycles. The van der Waals surface area contributed by atoms with E-state index in [-0.39, 0.29) is 29.8 Å². The summed E-state index contributed by atoms with van der Waals surface area (Å²) >= 11 is 0. The van der Waals surface area contributed by atoms with Crippen LogP contribution < -0.4 is 0 Å². The molecule has 0 amide bonds. The molecule has 7 atom stereocenters. The molecular weight excluding hydrogens is 384 g/mol. The minimum atomic E-state index is -1.19. The lowest BCUT2D eigenvalue weighted by molar-refractivity contribution is -0.154. The number of hydrogen-bond acceptors (Lipinski definition) is 6.